The normalized spacial score (nSPS) is 10.4. The predicted molar refractivity (Wildman–Crippen MR) is 146 cm³/mol. The summed E-state index contributed by atoms with van der Waals surface area (Å²) in [6.45, 7) is 4.11. The summed E-state index contributed by atoms with van der Waals surface area (Å²) < 4.78 is 10.2. The van der Waals surface area contributed by atoms with E-state index in [-0.39, 0.29) is 5.84 Å². The summed E-state index contributed by atoms with van der Waals surface area (Å²) >= 11 is 0. The Morgan fingerprint density at radius 3 is 1.43 bits per heavy atom. The van der Waals surface area contributed by atoms with Crippen LogP contribution in [0.1, 0.15) is 40.1 Å². The molecule has 0 spiro atoms. The van der Waals surface area contributed by atoms with Crippen molar-refractivity contribution in [2.45, 2.75) is 13.8 Å². The number of hydrogen-bond donors (Lipinski definition) is 1. The Morgan fingerprint density at radius 1 is 0.595 bits per heavy atom. The van der Waals surface area contributed by atoms with Gasteiger partial charge in [0, 0.05) is 16.9 Å². The van der Waals surface area contributed by atoms with Crippen LogP contribution in [0.3, 0.4) is 0 Å². The molecule has 0 aliphatic carbocycles. The highest BCUT2D eigenvalue weighted by Gasteiger charge is 2.19. The fourth-order valence-corrected chi connectivity index (χ4v) is 3.91. The lowest BCUT2D eigenvalue weighted by Gasteiger charge is -2.26. The third kappa shape index (κ3) is 5.93. The molecular formula is C31H28N2O4. The highest BCUT2D eigenvalue weighted by molar-refractivity contribution is 6.13. The molecule has 0 atom stereocenters. The van der Waals surface area contributed by atoms with Gasteiger partial charge in [-0.1, -0.05) is 54.6 Å². The molecule has 0 aliphatic rings. The van der Waals surface area contributed by atoms with Crippen molar-refractivity contribution in [2.24, 2.45) is 0 Å². The number of carbonyl (C=O) groups is 2. The van der Waals surface area contributed by atoms with E-state index in [1.54, 1.807) is 67.3 Å². The first-order chi connectivity index (χ1) is 18.0. The highest BCUT2D eigenvalue weighted by Crippen LogP contribution is 2.29. The zero-order valence-corrected chi connectivity index (χ0v) is 20.8. The number of amidine groups is 1. The number of nitrogens with one attached hydrogen (secondary N) is 1. The van der Waals surface area contributed by atoms with Gasteiger partial charge in [0.25, 0.3) is 0 Å². The third-order valence-electron chi connectivity index (χ3n) is 5.76. The van der Waals surface area contributed by atoms with Crippen LogP contribution in [0.15, 0.2) is 103 Å². The molecule has 6 nitrogen and oxygen atoms in total. The van der Waals surface area contributed by atoms with Crippen molar-refractivity contribution < 1.29 is 19.1 Å². The van der Waals surface area contributed by atoms with Gasteiger partial charge in [-0.3, -0.25) is 10.3 Å². The smallest absolute Gasteiger partial charge is 0.338 e. The van der Waals surface area contributed by atoms with Crippen molar-refractivity contribution in [3.8, 4) is 11.1 Å². The van der Waals surface area contributed by atoms with Gasteiger partial charge in [0.1, 0.15) is 5.84 Å². The Hall–Kier alpha value is -4.71. The van der Waals surface area contributed by atoms with Crippen LogP contribution in [-0.2, 0) is 9.47 Å². The van der Waals surface area contributed by atoms with Gasteiger partial charge in [0.05, 0.1) is 24.3 Å². The van der Waals surface area contributed by atoms with E-state index in [1.165, 1.54) is 0 Å². The molecule has 0 bridgehead atoms. The molecule has 186 valence electrons. The fourth-order valence-electron chi connectivity index (χ4n) is 3.91. The van der Waals surface area contributed by atoms with Crippen molar-refractivity contribution in [1.82, 2.24) is 0 Å². The lowest BCUT2D eigenvalue weighted by Crippen LogP contribution is -2.26. The standard InChI is InChI=1S/C31H28N2O4/c1-3-36-30(34)25-14-18-27(19-15-25)33(28-20-16-26(17-21-28)31(35)37-4-2)29(32)24-12-10-23(11-13-24)22-8-6-5-7-9-22/h5-21,32H,3-4H2,1-2H3. The molecule has 6 heteroatoms. The average Bonchev–Trinajstić information content (AvgIpc) is 2.95. The van der Waals surface area contributed by atoms with Gasteiger partial charge in [0.2, 0.25) is 0 Å². The maximum atomic E-state index is 12.1. The molecule has 0 amide bonds. The molecule has 0 aromatic heterocycles. The third-order valence-corrected chi connectivity index (χ3v) is 5.76. The summed E-state index contributed by atoms with van der Waals surface area (Å²) in [5.74, 6) is -0.552. The minimum atomic E-state index is -0.397. The first-order valence-electron chi connectivity index (χ1n) is 12.1. The maximum absolute atomic E-state index is 12.1. The zero-order valence-electron chi connectivity index (χ0n) is 20.8. The quantitative estimate of drug-likeness (QED) is 0.165. The Labute approximate surface area is 216 Å². The van der Waals surface area contributed by atoms with E-state index in [2.05, 4.69) is 0 Å². The molecule has 0 heterocycles. The van der Waals surface area contributed by atoms with Crippen LogP contribution in [0.4, 0.5) is 11.4 Å². The van der Waals surface area contributed by atoms with Crippen LogP contribution < -0.4 is 4.90 Å². The molecule has 1 N–H and O–H groups in total. The highest BCUT2D eigenvalue weighted by atomic mass is 16.5. The Bertz CT molecular complexity index is 1300. The van der Waals surface area contributed by atoms with Gasteiger partial charge in [-0.15, -0.1) is 0 Å². The number of esters is 2. The number of benzene rings is 4. The number of carbonyl (C=O) groups excluding carboxylic acids is 2. The summed E-state index contributed by atoms with van der Waals surface area (Å²) in [4.78, 5) is 26.0. The van der Waals surface area contributed by atoms with E-state index >= 15 is 0 Å². The van der Waals surface area contributed by atoms with Crippen molar-refractivity contribution in [2.75, 3.05) is 18.1 Å². The fraction of sp³-hybridized carbons (Fsp3) is 0.129. The summed E-state index contributed by atoms with van der Waals surface area (Å²) in [5.41, 5.74) is 5.11. The van der Waals surface area contributed by atoms with Crippen LogP contribution in [0, 0.1) is 5.41 Å². The molecular weight excluding hydrogens is 464 g/mol. The topological polar surface area (TPSA) is 79.7 Å². The molecule has 0 unspecified atom stereocenters. The van der Waals surface area contributed by atoms with Crippen molar-refractivity contribution >= 4 is 29.1 Å². The minimum Gasteiger partial charge on any atom is -0.462 e. The van der Waals surface area contributed by atoms with Crippen LogP contribution in [0.2, 0.25) is 0 Å². The van der Waals surface area contributed by atoms with Crippen LogP contribution in [0.25, 0.3) is 11.1 Å². The second kappa shape index (κ2) is 11.8. The van der Waals surface area contributed by atoms with E-state index in [0.29, 0.717) is 41.3 Å². The van der Waals surface area contributed by atoms with Gasteiger partial charge in [-0.25, -0.2) is 9.59 Å². The lowest BCUT2D eigenvalue weighted by atomic mass is 10.0. The van der Waals surface area contributed by atoms with Crippen LogP contribution in [0.5, 0.6) is 0 Å². The molecule has 0 saturated carbocycles. The number of hydrogen-bond acceptors (Lipinski definition) is 5. The zero-order chi connectivity index (χ0) is 26.2. The van der Waals surface area contributed by atoms with Gasteiger partial charge in [0.15, 0.2) is 0 Å². The largest absolute Gasteiger partial charge is 0.462 e. The molecule has 0 saturated heterocycles. The van der Waals surface area contributed by atoms with Gasteiger partial charge >= 0.3 is 11.9 Å². The molecule has 0 fully saturated rings. The van der Waals surface area contributed by atoms with Gasteiger partial charge < -0.3 is 9.47 Å². The van der Waals surface area contributed by atoms with E-state index < -0.39 is 11.9 Å². The van der Waals surface area contributed by atoms with Gasteiger partial charge in [-0.2, -0.15) is 0 Å². The van der Waals surface area contributed by atoms with Crippen LogP contribution in [-0.4, -0.2) is 31.0 Å². The molecule has 0 aliphatic heterocycles. The molecule has 0 radical (unpaired) electrons. The summed E-state index contributed by atoms with van der Waals surface area (Å²) in [6.07, 6.45) is 0. The molecule has 4 rings (SSSR count). The van der Waals surface area contributed by atoms with Crippen molar-refractivity contribution in [3.05, 3.63) is 120 Å². The Kier molecular flexibility index (Phi) is 8.11. The maximum Gasteiger partial charge on any atom is 0.338 e. The van der Waals surface area contributed by atoms with E-state index in [0.717, 1.165) is 11.1 Å². The summed E-state index contributed by atoms with van der Waals surface area (Å²) in [5, 5.41) is 9.09. The van der Waals surface area contributed by atoms with Gasteiger partial charge in [-0.05, 0) is 73.5 Å². The van der Waals surface area contributed by atoms with E-state index in [9.17, 15) is 9.59 Å². The lowest BCUT2D eigenvalue weighted by molar-refractivity contribution is 0.0517. The summed E-state index contributed by atoms with van der Waals surface area (Å²) in [6, 6.07) is 31.7. The summed E-state index contributed by atoms with van der Waals surface area (Å²) in [7, 11) is 0. The Balaban J connectivity index is 1.69. The SMILES string of the molecule is CCOC(=O)c1ccc(N(C(=N)c2ccc(-c3ccccc3)cc2)c2ccc(C(=O)OCC)cc2)cc1. The number of rotatable bonds is 8. The number of ether oxygens (including phenoxy) is 2. The first kappa shape index (κ1) is 25.4. The van der Waals surface area contributed by atoms with Crippen molar-refractivity contribution in [3.63, 3.8) is 0 Å². The number of anilines is 2. The second-order valence-electron chi connectivity index (χ2n) is 8.16. The monoisotopic (exact) mass is 492 g/mol. The van der Waals surface area contributed by atoms with Crippen LogP contribution >= 0.6 is 0 Å². The molecule has 4 aromatic rings. The average molecular weight is 493 g/mol. The molecule has 37 heavy (non-hydrogen) atoms. The number of nitrogens with zero attached hydrogens (tertiary/aromatic N) is 1. The Morgan fingerprint density at radius 2 is 1.00 bits per heavy atom. The minimum absolute atomic E-state index is 0.243. The first-order valence-corrected chi connectivity index (χ1v) is 12.1. The predicted octanol–water partition coefficient (Wildman–Crippen LogP) is 6.87. The van der Waals surface area contributed by atoms with Crippen molar-refractivity contribution in [1.29, 1.82) is 5.41 Å². The van der Waals surface area contributed by atoms with E-state index in [4.69, 9.17) is 14.9 Å². The second-order valence-corrected chi connectivity index (χ2v) is 8.16. The van der Waals surface area contributed by atoms with E-state index in [1.807, 2.05) is 54.6 Å². The molecule has 4 aromatic carbocycles.